The molecule has 2 aromatic rings. The first-order valence-electron chi connectivity index (χ1n) is 8.80. The molecular weight excluding hydrogens is 296 g/mol. The fourth-order valence-corrected chi connectivity index (χ4v) is 2.66. The summed E-state index contributed by atoms with van der Waals surface area (Å²) < 4.78 is 0. The monoisotopic (exact) mass is 326 g/mol. The smallest absolute Gasteiger partial charge is 0.128 e. The van der Waals surface area contributed by atoms with Crippen LogP contribution in [0.5, 0.6) is 0 Å². The van der Waals surface area contributed by atoms with Gasteiger partial charge in [-0.1, -0.05) is 31.2 Å². The minimum absolute atomic E-state index is 0.884. The van der Waals surface area contributed by atoms with E-state index in [4.69, 9.17) is 0 Å². The predicted molar refractivity (Wildman–Crippen MR) is 99.9 cm³/mol. The molecule has 0 spiro atoms. The SMILES string of the molecule is CCCc1ncc(CN(CCN(C)C)Cc2ccccc2C)cn1. The Balaban J connectivity index is 2.06. The van der Waals surface area contributed by atoms with Crippen molar-refractivity contribution < 1.29 is 0 Å². The van der Waals surface area contributed by atoms with E-state index in [0.717, 1.165) is 44.8 Å². The molecule has 0 fully saturated rings. The van der Waals surface area contributed by atoms with Gasteiger partial charge in [0.2, 0.25) is 0 Å². The molecule has 130 valence electrons. The minimum atomic E-state index is 0.884. The molecule has 0 aliphatic carbocycles. The third kappa shape index (κ3) is 6.02. The van der Waals surface area contributed by atoms with Crippen LogP contribution < -0.4 is 0 Å². The van der Waals surface area contributed by atoms with Gasteiger partial charge in [-0.15, -0.1) is 0 Å². The Morgan fingerprint density at radius 1 is 0.958 bits per heavy atom. The lowest BCUT2D eigenvalue weighted by molar-refractivity contribution is 0.225. The van der Waals surface area contributed by atoms with Gasteiger partial charge in [-0.05, 0) is 38.6 Å². The standard InChI is InChI=1S/C20H30N4/c1-5-8-20-21-13-18(14-22-20)15-24(12-11-23(3)4)16-19-10-7-6-9-17(19)2/h6-7,9-10,13-14H,5,8,11-12,15-16H2,1-4H3. The largest absolute Gasteiger partial charge is 0.308 e. The van der Waals surface area contributed by atoms with Gasteiger partial charge in [-0.25, -0.2) is 9.97 Å². The van der Waals surface area contributed by atoms with Crippen molar-refractivity contribution in [3.8, 4) is 0 Å². The van der Waals surface area contributed by atoms with Crippen molar-refractivity contribution in [3.05, 3.63) is 59.2 Å². The van der Waals surface area contributed by atoms with Gasteiger partial charge in [0.25, 0.3) is 0 Å². The number of aryl methyl sites for hydroxylation is 2. The van der Waals surface area contributed by atoms with Gasteiger partial charge in [-0.3, -0.25) is 4.90 Å². The van der Waals surface area contributed by atoms with Crippen molar-refractivity contribution >= 4 is 0 Å². The molecule has 0 saturated heterocycles. The fourth-order valence-electron chi connectivity index (χ4n) is 2.66. The first-order chi connectivity index (χ1) is 11.6. The van der Waals surface area contributed by atoms with Crippen molar-refractivity contribution in [3.63, 3.8) is 0 Å². The van der Waals surface area contributed by atoms with E-state index in [-0.39, 0.29) is 0 Å². The molecule has 0 N–H and O–H groups in total. The average molecular weight is 326 g/mol. The third-order valence-electron chi connectivity index (χ3n) is 4.16. The van der Waals surface area contributed by atoms with Crippen molar-refractivity contribution in [1.82, 2.24) is 19.8 Å². The molecule has 0 saturated carbocycles. The summed E-state index contributed by atoms with van der Waals surface area (Å²) >= 11 is 0. The van der Waals surface area contributed by atoms with E-state index in [1.165, 1.54) is 16.7 Å². The van der Waals surface area contributed by atoms with Gasteiger partial charge in [0, 0.05) is 50.6 Å². The molecular formula is C20H30N4. The van der Waals surface area contributed by atoms with Crippen LogP contribution in [-0.2, 0) is 19.5 Å². The molecule has 24 heavy (non-hydrogen) atoms. The first kappa shape index (κ1) is 18.6. The third-order valence-corrected chi connectivity index (χ3v) is 4.16. The molecule has 0 atom stereocenters. The van der Waals surface area contributed by atoms with E-state index < -0.39 is 0 Å². The van der Waals surface area contributed by atoms with Crippen LogP contribution in [0.2, 0.25) is 0 Å². The van der Waals surface area contributed by atoms with E-state index in [1.54, 1.807) is 0 Å². The van der Waals surface area contributed by atoms with Crippen LogP contribution in [0, 0.1) is 6.92 Å². The maximum absolute atomic E-state index is 4.49. The normalized spacial score (nSPS) is 11.4. The van der Waals surface area contributed by atoms with Crippen LogP contribution >= 0.6 is 0 Å². The number of rotatable bonds is 9. The lowest BCUT2D eigenvalue weighted by atomic mass is 10.1. The Labute approximate surface area is 146 Å². The van der Waals surface area contributed by atoms with Gasteiger partial charge in [-0.2, -0.15) is 0 Å². The van der Waals surface area contributed by atoms with Crippen LogP contribution in [0.1, 0.15) is 35.9 Å². The summed E-state index contributed by atoms with van der Waals surface area (Å²) in [6.45, 7) is 8.25. The highest BCUT2D eigenvalue weighted by molar-refractivity contribution is 5.25. The lowest BCUT2D eigenvalue weighted by Crippen LogP contribution is -2.31. The van der Waals surface area contributed by atoms with E-state index in [0.29, 0.717) is 0 Å². The Bertz CT molecular complexity index is 607. The van der Waals surface area contributed by atoms with Crippen LogP contribution in [0.15, 0.2) is 36.7 Å². The summed E-state index contributed by atoms with van der Waals surface area (Å²) in [7, 11) is 4.24. The zero-order valence-corrected chi connectivity index (χ0v) is 15.5. The minimum Gasteiger partial charge on any atom is -0.308 e. The summed E-state index contributed by atoms with van der Waals surface area (Å²) in [5, 5.41) is 0. The highest BCUT2D eigenvalue weighted by atomic mass is 15.2. The molecule has 1 aromatic heterocycles. The number of likely N-dealkylation sites (N-methyl/N-ethyl adjacent to an activating group) is 1. The maximum atomic E-state index is 4.49. The zero-order valence-electron chi connectivity index (χ0n) is 15.5. The quantitative estimate of drug-likeness (QED) is 0.708. The molecule has 0 aliphatic rings. The Kier molecular flexibility index (Phi) is 7.35. The number of hydrogen-bond donors (Lipinski definition) is 0. The summed E-state index contributed by atoms with van der Waals surface area (Å²) in [5.74, 6) is 0.944. The summed E-state index contributed by atoms with van der Waals surface area (Å²) in [6, 6.07) is 8.62. The molecule has 1 aromatic carbocycles. The number of hydrogen-bond acceptors (Lipinski definition) is 4. The van der Waals surface area contributed by atoms with Crippen molar-refractivity contribution in [2.45, 2.75) is 39.8 Å². The van der Waals surface area contributed by atoms with Gasteiger partial charge in [0.15, 0.2) is 0 Å². The first-order valence-corrected chi connectivity index (χ1v) is 8.80. The topological polar surface area (TPSA) is 32.3 Å². The maximum Gasteiger partial charge on any atom is 0.128 e. The second-order valence-electron chi connectivity index (χ2n) is 6.70. The summed E-state index contributed by atoms with van der Waals surface area (Å²) in [5.41, 5.74) is 3.92. The highest BCUT2D eigenvalue weighted by Crippen LogP contribution is 2.13. The summed E-state index contributed by atoms with van der Waals surface area (Å²) in [6.07, 6.45) is 6.01. The van der Waals surface area contributed by atoms with Crippen LogP contribution in [0.4, 0.5) is 0 Å². The molecule has 0 unspecified atom stereocenters. The van der Waals surface area contributed by atoms with Crippen LogP contribution in [0.3, 0.4) is 0 Å². The molecule has 2 rings (SSSR count). The van der Waals surface area contributed by atoms with Crippen molar-refractivity contribution in [1.29, 1.82) is 0 Å². The van der Waals surface area contributed by atoms with E-state index in [9.17, 15) is 0 Å². The molecule has 0 bridgehead atoms. The second-order valence-corrected chi connectivity index (χ2v) is 6.70. The summed E-state index contributed by atoms with van der Waals surface area (Å²) in [4.78, 5) is 13.7. The molecule has 0 amide bonds. The van der Waals surface area contributed by atoms with Crippen LogP contribution in [0.25, 0.3) is 0 Å². The fraction of sp³-hybridized carbons (Fsp3) is 0.500. The Morgan fingerprint density at radius 3 is 2.29 bits per heavy atom. The van der Waals surface area contributed by atoms with Crippen molar-refractivity contribution in [2.75, 3.05) is 27.2 Å². The van der Waals surface area contributed by atoms with Gasteiger partial charge < -0.3 is 4.90 Å². The highest BCUT2D eigenvalue weighted by Gasteiger charge is 2.10. The number of benzene rings is 1. The molecule has 0 aliphatic heterocycles. The van der Waals surface area contributed by atoms with Gasteiger partial charge in [0.05, 0.1) is 0 Å². The zero-order chi connectivity index (χ0) is 17.4. The van der Waals surface area contributed by atoms with Crippen LogP contribution in [-0.4, -0.2) is 47.0 Å². The average Bonchev–Trinajstić information content (AvgIpc) is 2.56. The Morgan fingerprint density at radius 2 is 1.67 bits per heavy atom. The molecule has 0 radical (unpaired) electrons. The second kappa shape index (κ2) is 9.50. The van der Waals surface area contributed by atoms with Gasteiger partial charge in [0.1, 0.15) is 5.82 Å². The molecule has 1 heterocycles. The van der Waals surface area contributed by atoms with Gasteiger partial charge >= 0.3 is 0 Å². The predicted octanol–water partition coefficient (Wildman–Crippen LogP) is 3.30. The molecule has 4 nitrogen and oxygen atoms in total. The molecule has 4 heteroatoms. The van der Waals surface area contributed by atoms with E-state index in [2.05, 4.69) is 72.0 Å². The van der Waals surface area contributed by atoms with Crippen molar-refractivity contribution in [2.24, 2.45) is 0 Å². The number of aromatic nitrogens is 2. The Hall–Kier alpha value is -1.78. The van der Waals surface area contributed by atoms with E-state index >= 15 is 0 Å². The number of nitrogens with zero attached hydrogens (tertiary/aromatic N) is 4. The van der Waals surface area contributed by atoms with E-state index in [1.807, 2.05) is 12.4 Å². The lowest BCUT2D eigenvalue weighted by Gasteiger charge is -2.25.